The molecule has 0 radical (unpaired) electrons. The van der Waals surface area contributed by atoms with Crippen molar-refractivity contribution in [2.24, 2.45) is 0 Å². The summed E-state index contributed by atoms with van der Waals surface area (Å²) in [5.41, 5.74) is 10.9. The Kier molecular flexibility index (Phi) is 5.84. The van der Waals surface area contributed by atoms with E-state index in [9.17, 15) is 0 Å². The third-order valence-electron chi connectivity index (χ3n) is 1.42. The molecule has 0 aliphatic carbocycles. The Labute approximate surface area is 81.5 Å². The van der Waals surface area contributed by atoms with Gasteiger partial charge in [0, 0.05) is 0 Å². The first-order chi connectivity index (χ1) is 6.38. The van der Waals surface area contributed by atoms with E-state index in [0.29, 0.717) is 6.47 Å². The lowest BCUT2D eigenvalue weighted by molar-refractivity contribution is -0.126. The topological polar surface area (TPSA) is 93.9 Å². The van der Waals surface area contributed by atoms with Crippen LogP contribution < -0.4 is 16.4 Å². The highest BCUT2D eigenvalue weighted by atomic mass is 16.5. The van der Waals surface area contributed by atoms with Crippen LogP contribution in [0, 0.1) is 0 Å². The lowest BCUT2D eigenvalue weighted by Gasteiger charge is -1.91. The van der Waals surface area contributed by atoms with Crippen molar-refractivity contribution in [2.45, 2.75) is 0 Å². The fourth-order valence-electron chi connectivity index (χ4n) is 0.867. The minimum atomic E-state index is 0. The molecule has 1 aliphatic rings. The molecular formula is C8H13N3O3. The molecule has 0 bridgehead atoms. The largest absolute Gasteiger partial charge is 0.471 e. The Morgan fingerprint density at radius 2 is 1.64 bits per heavy atom. The minimum absolute atomic E-state index is 0. The van der Waals surface area contributed by atoms with E-state index in [1.165, 1.54) is 7.11 Å². The summed E-state index contributed by atoms with van der Waals surface area (Å²) in [5.74, 6) is 0. The van der Waals surface area contributed by atoms with Gasteiger partial charge < -0.3 is 21.1 Å². The van der Waals surface area contributed by atoms with Crippen LogP contribution in [0.3, 0.4) is 0 Å². The Bertz CT molecular complexity index is 257. The van der Waals surface area contributed by atoms with Gasteiger partial charge in [0.2, 0.25) is 0 Å². The number of methoxy groups -OCH3 is 1. The van der Waals surface area contributed by atoms with Crippen molar-refractivity contribution in [3.63, 3.8) is 0 Å². The average molecular weight is 199 g/mol. The molecule has 1 aliphatic heterocycles. The van der Waals surface area contributed by atoms with Gasteiger partial charge in [-0.05, 0) is 12.1 Å². The maximum atomic E-state index is 8.95. The summed E-state index contributed by atoms with van der Waals surface area (Å²) in [6.45, 7) is 0.375. The zero-order valence-electron chi connectivity index (χ0n) is 7.70. The van der Waals surface area contributed by atoms with E-state index in [1.807, 2.05) is 24.3 Å². The number of ether oxygens (including phenoxy) is 1. The van der Waals surface area contributed by atoms with Gasteiger partial charge in [-0.25, -0.2) is 0 Å². The second kappa shape index (κ2) is 6.70. The van der Waals surface area contributed by atoms with E-state index in [0.717, 1.165) is 11.4 Å². The fourth-order valence-corrected chi connectivity index (χ4v) is 0.867. The third kappa shape index (κ3) is 3.30. The molecule has 78 valence electrons. The molecule has 0 unspecified atom stereocenters. The SMILES string of the molecule is COC=O.O.c1ccc2c(c1)NNN2. The van der Waals surface area contributed by atoms with Crippen LogP contribution in [0.25, 0.3) is 0 Å². The van der Waals surface area contributed by atoms with Crippen molar-refractivity contribution in [1.29, 1.82) is 0 Å². The molecule has 5 N–H and O–H groups in total. The molecule has 2 rings (SSSR count). The number of nitrogens with one attached hydrogen (secondary N) is 3. The summed E-state index contributed by atoms with van der Waals surface area (Å²) >= 11 is 0. The lowest BCUT2D eigenvalue weighted by Crippen LogP contribution is -2.19. The molecule has 0 spiro atoms. The van der Waals surface area contributed by atoms with Crippen molar-refractivity contribution in [3.05, 3.63) is 24.3 Å². The molecule has 0 saturated carbocycles. The smallest absolute Gasteiger partial charge is 0.292 e. The summed E-state index contributed by atoms with van der Waals surface area (Å²) in [6.07, 6.45) is 0. The zero-order chi connectivity index (χ0) is 9.52. The summed E-state index contributed by atoms with van der Waals surface area (Å²) in [6, 6.07) is 7.98. The van der Waals surface area contributed by atoms with Crippen LogP contribution in [0.15, 0.2) is 24.3 Å². The van der Waals surface area contributed by atoms with Crippen LogP contribution in [0.2, 0.25) is 0 Å². The van der Waals surface area contributed by atoms with Crippen LogP contribution in [0.4, 0.5) is 11.4 Å². The second-order valence-electron chi connectivity index (χ2n) is 2.25. The second-order valence-corrected chi connectivity index (χ2v) is 2.25. The van der Waals surface area contributed by atoms with Crippen LogP contribution in [-0.2, 0) is 9.53 Å². The number of para-hydroxylation sites is 2. The standard InChI is InChI=1S/C6H7N3.C2H4O2.H2O/c1-2-4-6-5(3-1)7-9-8-6;1-4-2-3;/h1-4,7-9H;2H,1H3;1H2. The third-order valence-corrected chi connectivity index (χ3v) is 1.42. The van der Waals surface area contributed by atoms with Gasteiger partial charge in [0.1, 0.15) is 0 Å². The highest BCUT2D eigenvalue weighted by molar-refractivity contribution is 5.70. The summed E-state index contributed by atoms with van der Waals surface area (Å²) in [4.78, 5) is 8.95. The van der Waals surface area contributed by atoms with Crippen molar-refractivity contribution in [1.82, 2.24) is 5.53 Å². The van der Waals surface area contributed by atoms with Crippen LogP contribution in [0.5, 0.6) is 0 Å². The maximum Gasteiger partial charge on any atom is 0.292 e. The van der Waals surface area contributed by atoms with Gasteiger partial charge in [0.05, 0.1) is 18.5 Å². The van der Waals surface area contributed by atoms with E-state index in [-0.39, 0.29) is 5.48 Å². The van der Waals surface area contributed by atoms with Gasteiger partial charge in [-0.15, -0.1) is 5.53 Å². The number of anilines is 2. The molecule has 6 nitrogen and oxygen atoms in total. The molecule has 1 aromatic carbocycles. The lowest BCUT2D eigenvalue weighted by atomic mass is 10.3. The molecule has 0 amide bonds. The predicted octanol–water partition coefficient (Wildman–Crippen LogP) is -0.0919. The van der Waals surface area contributed by atoms with Crippen LogP contribution in [-0.4, -0.2) is 19.1 Å². The van der Waals surface area contributed by atoms with E-state index in [4.69, 9.17) is 4.79 Å². The first-order valence-corrected chi connectivity index (χ1v) is 3.71. The number of rotatable bonds is 1. The summed E-state index contributed by atoms with van der Waals surface area (Å²) in [7, 11) is 1.31. The molecule has 1 heterocycles. The van der Waals surface area contributed by atoms with E-state index >= 15 is 0 Å². The number of fused-ring (bicyclic) bond motifs is 1. The monoisotopic (exact) mass is 199 g/mol. The van der Waals surface area contributed by atoms with Crippen LogP contribution >= 0.6 is 0 Å². The Balaban J connectivity index is 0.000000299. The van der Waals surface area contributed by atoms with Gasteiger partial charge in [0.25, 0.3) is 6.47 Å². The quantitative estimate of drug-likeness (QED) is 0.549. The van der Waals surface area contributed by atoms with Gasteiger partial charge in [-0.1, -0.05) is 12.1 Å². The first-order valence-electron chi connectivity index (χ1n) is 3.71. The normalized spacial score (nSPS) is 10.4. The predicted molar refractivity (Wildman–Crippen MR) is 53.5 cm³/mol. The summed E-state index contributed by atoms with van der Waals surface area (Å²) < 4.78 is 3.86. The van der Waals surface area contributed by atoms with E-state index < -0.39 is 0 Å². The number of carbonyl (C=O) groups excluding carboxylic acids is 1. The number of hydrogen-bond donors (Lipinski definition) is 3. The Morgan fingerprint density at radius 1 is 1.21 bits per heavy atom. The summed E-state index contributed by atoms with van der Waals surface area (Å²) in [5, 5.41) is 0. The van der Waals surface area contributed by atoms with E-state index in [2.05, 4.69) is 21.1 Å². The molecular weight excluding hydrogens is 186 g/mol. The molecule has 1 aromatic rings. The van der Waals surface area contributed by atoms with Crippen molar-refractivity contribution < 1.29 is 15.0 Å². The minimum Gasteiger partial charge on any atom is -0.471 e. The molecule has 6 heteroatoms. The molecule has 0 fully saturated rings. The van der Waals surface area contributed by atoms with E-state index in [1.54, 1.807) is 0 Å². The number of hydrogen-bond acceptors (Lipinski definition) is 5. The fraction of sp³-hybridized carbons (Fsp3) is 0.125. The van der Waals surface area contributed by atoms with Crippen molar-refractivity contribution in [3.8, 4) is 0 Å². The van der Waals surface area contributed by atoms with Crippen molar-refractivity contribution in [2.75, 3.05) is 18.0 Å². The Hall–Kier alpha value is -1.79. The van der Waals surface area contributed by atoms with Crippen molar-refractivity contribution >= 4 is 17.8 Å². The number of carbonyl (C=O) groups is 1. The van der Waals surface area contributed by atoms with Gasteiger partial charge in [-0.2, -0.15) is 0 Å². The Morgan fingerprint density at radius 3 is 2.00 bits per heavy atom. The number of hydrazine groups is 2. The molecule has 0 saturated heterocycles. The molecule has 0 aromatic heterocycles. The van der Waals surface area contributed by atoms with Crippen LogP contribution in [0.1, 0.15) is 0 Å². The maximum absolute atomic E-state index is 8.95. The highest BCUT2D eigenvalue weighted by Gasteiger charge is 2.04. The molecule has 14 heavy (non-hydrogen) atoms. The van der Waals surface area contributed by atoms with Gasteiger partial charge in [-0.3, -0.25) is 4.79 Å². The zero-order valence-corrected chi connectivity index (χ0v) is 7.70. The first kappa shape index (κ1) is 12.2. The highest BCUT2D eigenvalue weighted by Crippen LogP contribution is 2.21. The number of benzene rings is 1. The van der Waals surface area contributed by atoms with Gasteiger partial charge in [0.15, 0.2) is 0 Å². The average Bonchev–Trinajstić information content (AvgIpc) is 2.66. The van der Waals surface area contributed by atoms with Gasteiger partial charge >= 0.3 is 0 Å². The molecule has 0 atom stereocenters.